The highest BCUT2D eigenvalue weighted by molar-refractivity contribution is 5.22. The predicted octanol–water partition coefficient (Wildman–Crippen LogP) is 3.92. The molecule has 0 fully saturated rings. The summed E-state index contributed by atoms with van der Waals surface area (Å²) in [6, 6.07) is 0. The van der Waals surface area contributed by atoms with E-state index in [1.54, 1.807) is 0 Å². The van der Waals surface area contributed by atoms with Crippen LogP contribution < -0.4 is 0 Å². The Balaban J connectivity index is 2.51. The van der Waals surface area contributed by atoms with E-state index < -0.39 is 0 Å². The lowest BCUT2D eigenvalue weighted by Gasteiger charge is -2.16. The fraction of sp³-hybridized carbons (Fsp3) is 0.286. The van der Waals surface area contributed by atoms with Crippen molar-refractivity contribution >= 4 is 0 Å². The molecule has 0 aromatic carbocycles. The van der Waals surface area contributed by atoms with Gasteiger partial charge in [-0.15, -0.1) is 0 Å². The molecule has 0 heterocycles. The first-order valence-corrected chi connectivity index (χ1v) is 5.22. The average Bonchev–Trinajstić information content (AvgIpc) is 2.25. The van der Waals surface area contributed by atoms with Crippen LogP contribution >= 0.6 is 0 Å². The molecule has 0 saturated carbocycles. The average molecular weight is 202 g/mol. The lowest BCUT2D eigenvalue weighted by molar-refractivity contribution is 0.166. The van der Waals surface area contributed by atoms with Gasteiger partial charge in [0.15, 0.2) is 0 Å². The van der Waals surface area contributed by atoms with Gasteiger partial charge in [-0.2, -0.15) is 0 Å². The maximum Gasteiger partial charge on any atom is 0.121 e. The van der Waals surface area contributed by atoms with Crippen molar-refractivity contribution in [2.45, 2.75) is 26.4 Å². The van der Waals surface area contributed by atoms with Gasteiger partial charge in [-0.25, -0.2) is 0 Å². The van der Waals surface area contributed by atoms with Crippen LogP contribution in [0.4, 0.5) is 0 Å². The predicted molar refractivity (Wildman–Crippen MR) is 65.5 cm³/mol. The molecule has 1 unspecified atom stereocenters. The summed E-state index contributed by atoms with van der Waals surface area (Å²) in [4.78, 5) is 0. The van der Waals surface area contributed by atoms with Gasteiger partial charge in [0, 0.05) is 6.42 Å². The van der Waals surface area contributed by atoms with Crippen LogP contribution in [0.3, 0.4) is 0 Å². The Morgan fingerprint density at radius 3 is 2.73 bits per heavy atom. The van der Waals surface area contributed by atoms with Crippen LogP contribution in [-0.4, -0.2) is 6.10 Å². The number of hydrogen-bond acceptors (Lipinski definition) is 1. The highest BCUT2D eigenvalue weighted by Crippen LogP contribution is 2.13. The molecule has 1 rings (SSSR count). The van der Waals surface area contributed by atoms with E-state index in [4.69, 9.17) is 4.74 Å². The quantitative estimate of drug-likeness (QED) is 0.496. The number of ether oxygens (including phenoxy) is 1. The number of hydrogen-bond donors (Lipinski definition) is 0. The Hall–Kier alpha value is -1.50. The molecule has 0 N–H and O–H groups in total. The van der Waals surface area contributed by atoms with Gasteiger partial charge in [0.1, 0.15) is 11.9 Å². The van der Waals surface area contributed by atoms with Gasteiger partial charge < -0.3 is 4.74 Å². The van der Waals surface area contributed by atoms with Crippen molar-refractivity contribution in [3.8, 4) is 0 Å². The summed E-state index contributed by atoms with van der Waals surface area (Å²) < 4.78 is 5.79. The summed E-state index contributed by atoms with van der Waals surface area (Å²) in [6.07, 6.45) is 15.2. The third kappa shape index (κ3) is 4.50. The molecule has 0 amide bonds. The maximum absolute atomic E-state index is 5.79. The molecular weight excluding hydrogens is 184 g/mol. The van der Waals surface area contributed by atoms with Crippen LogP contribution in [0.2, 0.25) is 0 Å². The van der Waals surface area contributed by atoms with Gasteiger partial charge in [-0.05, 0) is 32.1 Å². The molecule has 0 bridgehead atoms. The monoisotopic (exact) mass is 202 g/mol. The third-order valence-electron chi connectivity index (χ3n) is 2.05. The Morgan fingerprint density at radius 1 is 1.40 bits per heavy atom. The molecule has 1 atom stereocenters. The van der Waals surface area contributed by atoms with E-state index in [0.717, 1.165) is 17.8 Å². The smallest absolute Gasteiger partial charge is 0.121 e. The molecule has 0 spiro atoms. The third-order valence-corrected chi connectivity index (χ3v) is 2.05. The van der Waals surface area contributed by atoms with E-state index in [2.05, 4.69) is 18.7 Å². The van der Waals surface area contributed by atoms with Gasteiger partial charge in [-0.1, -0.05) is 36.5 Å². The van der Waals surface area contributed by atoms with E-state index >= 15 is 0 Å². The lowest BCUT2D eigenvalue weighted by Crippen LogP contribution is -2.09. The van der Waals surface area contributed by atoms with Crippen molar-refractivity contribution in [1.82, 2.24) is 0 Å². The molecule has 1 nitrogen and oxygen atoms in total. The van der Waals surface area contributed by atoms with Crippen LogP contribution in [-0.2, 0) is 4.74 Å². The first kappa shape index (κ1) is 11.6. The molecule has 1 aliphatic carbocycles. The Morgan fingerprint density at radius 2 is 2.20 bits per heavy atom. The second kappa shape index (κ2) is 6.07. The van der Waals surface area contributed by atoms with E-state index in [0.29, 0.717) is 0 Å². The topological polar surface area (TPSA) is 9.23 Å². The largest absolute Gasteiger partial charge is 0.486 e. The highest BCUT2D eigenvalue weighted by atomic mass is 16.5. The summed E-state index contributed by atoms with van der Waals surface area (Å²) >= 11 is 0. The van der Waals surface area contributed by atoms with Crippen molar-refractivity contribution in [3.63, 3.8) is 0 Å². The zero-order valence-electron chi connectivity index (χ0n) is 9.44. The summed E-state index contributed by atoms with van der Waals surface area (Å²) in [7, 11) is 0. The van der Waals surface area contributed by atoms with Crippen LogP contribution in [0.5, 0.6) is 0 Å². The molecule has 0 radical (unpaired) electrons. The van der Waals surface area contributed by atoms with Crippen molar-refractivity contribution in [2.75, 3.05) is 0 Å². The summed E-state index contributed by atoms with van der Waals surface area (Å²) in [6.45, 7) is 7.75. The SMILES string of the molecule is C=C(C)/C=C\C(=C/C)OC1C=CC=CC1. The van der Waals surface area contributed by atoms with Gasteiger partial charge in [0.05, 0.1) is 0 Å². The van der Waals surface area contributed by atoms with Gasteiger partial charge in [0.2, 0.25) is 0 Å². The van der Waals surface area contributed by atoms with Crippen molar-refractivity contribution in [1.29, 1.82) is 0 Å². The van der Waals surface area contributed by atoms with E-state index in [-0.39, 0.29) is 6.10 Å². The molecule has 0 saturated heterocycles. The van der Waals surface area contributed by atoms with E-state index in [1.165, 1.54) is 0 Å². The first-order valence-electron chi connectivity index (χ1n) is 5.22. The Kier molecular flexibility index (Phi) is 4.69. The minimum Gasteiger partial charge on any atom is -0.486 e. The molecule has 15 heavy (non-hydrogen) atoms. The lowest BCUT2D eigenvalue weighted by atomic mass is 10.1. The fourth-order valence-corrected chi connectivity index (χ4v) is 1.25. The summed E-state index contributed by atoms with van der Waals surface area (Å²) in [5.41, 5.74) is 1.03. The van der Waals surface area contributed by atoms with Gasteiger partial charge in [0.25, 0.3) is 0 Å². The Bertz CT molecular complexity index is 329. The van der Waals surface area contributed by atoms with E-state index in [9.17, 15) is 0 Å². The molecule has 0 aromatic heterocycles. The van der Waals surface area contributed by atoms with Crippen LogP contribution in [0, 0.1) is 0 Å². The number of rotatable bonds is 4. The fourth-order valence-electron chi connectivity index (χ4n) is 1.25. The van der Waals surface area contributed by atoms with Crippen molar-refractivity contribution < 1.29 is 4.74 Å². The van der Waals surface area contributed by atoms with Crippen molar-refractivity contribution in [3.05, 3.63) is 60.4 Å². The minimum atomic E-state index is 0.163. The zero-order chi connectivity index (χ0) is 11.1. The zero-order valence-corrected chi connectivity index (χ0v) is 9.44. The summed E-state index contributed by atoms with van der Waals surface area (Å²) in [5.74, 6) is 0.892. The highest BCUT2D eigenvalue weighted by Gasteiger charge is 2.06. The normalized spacial score (nSPS) is 20.9. The van der Waals surface area contributed by atoms with Crippen molar-refractivity contribution in [2.24, 2.45) is 0 Å². The Labute approximate surface area is 92.1 Å². The maximum atomic E-state index is 5.79. The summed E-state index contributed by atoms with van der Waals surface area (Å²) in [5, 5.41) is 0. The molecule has 1 heteroatoms. The van der Waals surface area contributed by atoms with E-state index in [1.807, 2.05) is 44.2 Å². The second-order valence-electron chi connectivity index (χ2n) is 3.58. The molecular formula is C14H18O. The number of allylic oxidation sites excluding steroid dienone is 6. The molecule has 80 valence electrons. The van der Waals surface area contributed by atoms with Crippen LogP contribution in [0.25, 0.3) is 0 Å². The first-order chi connectivity index (χ1) is 7.22. The molecule has 1 aliphatic rings. The van der Waals surface area contributed by atoms with Gasteiger partial charge >= 0.3 is 0 Å². The minimum absolute atomic E-state index is 0.163. The second-order valence-corrected chi connectivity index (χ2v) is 3.58. The molecule has 0 aromatic rings. The molecule has 0 aliphatic heterocycles. The van der Waals surface area contributed by atoms with Crippen LogP contribution in [0.1, 0.15) is 20.3 Å². The van der Waals surface area contributed by atoms with Gasteiger partial charge in [-0.3, -0.25) is 0 Å². The van der Waals surface area contributed by atoms with Crippen LogP contribution in [0.15, 0.2) is 60.4 Å². The standard InChI is InChI=1S/C14H18O/c1-4-13(11-10-12(2)3)15-14-8-6-5-7-9-14/h4-8,10-11,14H,2,9H2,1,3H3/b11-10-,13-4+.